The van der Waals surface area contributed by atoms with Gasteiger partial charge in [-0.25, -0.2) is 4.98 Å². The lowest BCUT2D eigenvalue weighted by molar-refractivity contribution is -0.141. The Morgan fingerprint density at radius 3 is 2.38 bits per heavy atom. The van der Waals surface area contributed by atoms with Crippen LogP contribution in [0.15, 0.2) is 12.1 Å². The number of carbonyl (C=O) groups is 3. The average molecular weight is 415 g/mol. The summed E-state index contributed by atoms with van der Waals surface area (Å²) in [6.45, 7) is -1.58. The van der Waals surface area contributed by atoms with E-state index >= 15 is 0 Å². The van der Waals surface area contributed by atoms with E-state index in [9.17, 15) is 32.7 Å². The molecule has 2 fully saturated rings. The minimum absolute atomic E-state index is 0.288. The molecule has 0 amide bonds. The molecule has 2 bridgehead atoms. The molecule has 0 aromatic carbocycles. The van der Waals surface area contributed by atoms with Gasteiger partial charge in [-0.2, -0.15) is 13.2 Å². The monoisotopic (exact) mass is 415 g/mol. The highest BCUT2D eigenvalue weighted by atomic mass is 19.4. The number of alkyl halides is 3. The molecule has 0 aliphatic heterocycles. The van der Waals surface area contributed by atoms with Crippen molar-refractivity contribution >= 4 is 17.3 Å². The Morgan fingerprint density at radius 1 is 1.21 bits per heavy atom. The number of pyridine rings is 1. The van der Waals surface area contributed by atoms with E-state index in [1.54, 1.807) is 0 Å². The molecule has 3 unspecified atom stereocenters. The fraction of sp³-hybridized carbons (Fsp3) is 0.579. The molecular formula is C19H20F3NO6. The van der Waals surface area contributed by atoms with Crippen molar-refractivity contribution < 1.29 is 42.5 Å². The molecule has 7 nitrogen and oxygen atoms in total. The van der Waals surface area contributed by atoms with Crippen molar-refractivity contribution in [1.29, 1.82) is 0 Å². The maximum atomic E-state index is 13.0. The van der Waals surface area contributed by atoms with Crippen LogP contribution in [-0.4, -0.2) is 51.9 Å². The Labute approximate surface area is 163 Å². The van der Waals surface area contributed by atoms with Crippen LogP contribution in [-0.2, 0) is 27.1 Å². The van der Waals surface area contributed by atoms with Gasteiger partial charge in [-0.1, -0.05) is 0 Å². The molecule has 1 heterocycles. The lowest BCUT2D eigenvalue weighted by Crippen LogP contribution is -2.42. The van der Waals surface area contributed by atoms with E-state index in [2.05, 4.69) is 4.98 Å². The van der Waals surface area contributed by atoms with Gasteiger partial charge in [-0.05, 0) is 31.4 Å². The summed E-state index contributed by atoms with van der Waals surface area (Å²) in [5, 5.41) is 18.1. The predicted molar refractivity (Wildman–Crippen MR) is 90.7 cm³/mol. The third-order valence-corrected chi connectivity index (χ3v) is 5.36. The molecule has 29 heavy (non-hydrogen) atoms. The number of ether oxygens (including phenoxy) is 1. The van der Waals surface area contributed by atoms with Crippen LogP contribution in [0, 0.1) is 17.8 Å². The first-order valence-corrected chi connectivity index (χ1v) is 9.19. The van der Waals surface area contributed by atoms with E-state index in [0.29, 0.717) is 25.3 Å². The fourth-order valence-corrected chi connectivity index (χ4v) is 3.86. The molecule has 2 aliphatic rings. The second-order valence-electron chi connectivity index (χ2n) is 7.35. The van der Waals surface area contributed by atoms with Crippen molar-refractivity contribution in [2.45, 2.75) is 38.1 Å². The minimum Gasteiger partial charge on any atom is -0.394 e. The van der Waals surface area contributed by atoms with Crippen molar-refractivity contribution in [3.8, 4) is 0 Å². The number of Topliss-reactive ketones (excluding diaryl/α,β-unsaturated/α-hetero) is 3. The SMILES string of the molecule is O=C(c1ccc(C(F)(F)F)nc1COCC(O)CO)C1C(=O)C2CCC(C2)C1=O. The second kappa shape index (κ2) is 8.29. The van der Waals surface area contributed by atoms with Crippen LogP contribution < -0.4 is 0 Å². The maximum absolute atomic E-state index is 13.0. The number of carbonyl (C=O) groups excluding carboxylic acids is 3. The fourth-order valence-electron chi connectivity index (χ4n) is 3.86. The quantitative estimate of drug-likeness (QED) is 0.510. The molecular weight excluding hydrogens is 395 g/mol. The van der Waals surface area contributed by atoms with Gasteiger partial charge in [0.25, 0.3) is 0 Å². The molecule has 0 radical (unpaired) electrons. The number of aliphatic hydroxyl groups excluding tert-OH is 2. The summed E-state index contributed by atoms with van der Waals surface area (Å²) in [5.74, 6) is -4.14. The first kappa shape index (κ1) is 21.5. The van der Waals surface area contributed by atoms with Gasteiger partial charge in [0, 0.05) is 17.4 Å². The number of ketones is 3. The number of halogens is 3. The van der Waals surface area contributed by atoms with E-state index in [0.717, 1.165) is 6.07 Å². The highest BCUT2D eigenvalue weighted by molar-refractivity contribution is 6.26. The summed E-state index contributed by atoms with van der Waals surface area (Å²) in [6, 6.07) is 1.52. The Kier molecular flexibility index (Phi) is 6.16. The number of hydrogen-bond donors (Lipinski definition) is 2. The number of hydrogen-bond acceptors (Lipinski definition) is 7. The van der Waals surface area contributed by atoms with Gasteiger partial charge in [-0.3, -0.25) is 14.4 Å². The first-order valence-electron chi connectivity index (χ1n) is 9.19. The van der Waals surface area contributed by atoms with Gasteiger partial charge in [0.2, 0.25) is 0 Å². The number of aliphatic hydroxyl groups is 2. The van der Waals surface area contributed by atoms with Gasteiger partial charge < -0.3 is 14.9 Å². The zero-order valence-corrected chi connectivity index (χ0v) is 15.3. The highest BCUT2D eigenvalue weighted by Crippen LogP contribution is 2.41. The summed E-state index contributed by atoms with van der Waals surface area (Å²) >= 11 is 0. The first-order chi connectivity index (χ1) is 13.6. The summed E-state index contributed by atoms with van der Waals surface area (Å²) in [6.07, 6.45) is -4.55. The van der Waals surface area contributed by atoms with E-state index in [-0.39, 0.29) is 23.1 Å². The van der Waals surface area contributed by atoms with Crippen LogP contribution in [0.3, 0.4) is 0 Å². The molecule has 1 aromatic rings. The normalized spacial score (nSPS) is 25.3. The smallest absolute Gasteiger partial charge is 0.394 e. The zero-order valence-electron chi connectivity index (χ0n) is 15.3. The third kappa shape index (κ3) is 4.39. The predicted octanol–water partition coefficient (Wildman–Crippen LogP) is 1.34. The van der Waals surface area contributed by atoms with Crippen LogP contribution in [0.25, 0.3) is 0 Å². The average Bonchev–Trinajstić information content (AvgIpc) is 3.12. The molecule has 2 aliphatic carbocycles. The van der Waals surface area contributed by atoms with Crippen LogP contribution in [0.1, 0.15) is 41.0 Å². The van der Waals surface area contributed by atoms with E-state index < -0.39 is 61.1 Å². The van der Waals surface area contributed by atoms with Gasteiger partial charge in [-0.15, -0.1) is 0 Å². The second-order valence-corrected chi connectivity index (χ2v) is 7.35. The summed E-state index contributed by atoms with van der Waals surface area (Å²) in [5.41, 5.74) is -1.92. The van der Waals surface area contributed by atoms with Gasteiger partial charge >= 0.3 is 6.18 Å². The Hall–Kier alpha value is -2.17. The highest BCUT2D eigenvalue weighted by Gasteiger charge is 2.50. The standard InChI is InChI=1S/C19H20F3NO6/c20-19(21,22)14-4-3-12(13(23-14)8-29-7-11(25)6-24)18(28)15-16(26)9-1-2-10(5-9)17(15)27/h3-4,9-11,15,24-25H,1-2,5-8H2. The largest absolute Gasteiger partial charge is 0.433 e. The van der Waals surface area contributed by atoms with Crippen LogP contribution in [0.4, 0.5) is 13.2 Å². The van der Waals surface area contributed by atoms with Crippen LogP contribution >= 0.6 is 0 Å². The Bertz CT molecular complexity index is 803. The van der Waals surface area contributed by atoms with Crippen molar-refractivity contribution in [2.75, 3.05) is 13.2 Å². The van der Waals surface area contributed by atoms with E-state index in [1.165, 1.54) is 0 Å². The van der Waals surface area contributed by atoms with Gasteiger partial charge in [0.15, 0.2) is 17.3 Å². The Balaban J connectivity index is 1.91. The third-order valence-electron chi connectivity index (χ3n) is 5.36. The number of fused-ring (bicyclic) bond motifs is 2. The maximum Gasteiger partial charge on any atom is 0.433 e. The molecule has 1 aromatic heterocycles. The molecule has 3 rings (SSSR count). The zero-order chi connectivity index (χ0) is 21.3. The number of aromatic nitrogens is 1. The number of rotatable bonds is 7. The molecule has 158 valence electrons. The summed E-state index contributed by atoms with van der Waals surface area (Å²) in [4.78, 5) is 41.5. The van der Waals surface area contributed by atoms with E-state index in [1.807, 2.05) is 0 Å². The van der Waals surface area contributed by atoms with Gasteiger partial charge in [0.05, 0.1) is 25.5 Å². The van der Waals surface area contributed by atoms with Crippen molar-refractivity contribution in [1.82, 2.24) is 4.98 Å². The van der Waals surface area contributed by atoms with Gasteiger partial charge in [0.1, 0.15) is 17.7 Å². The lowest BCUT2D eigenvalue weighted by atomic mass is 9.75. The molecule has 0 spiro atoms. The Morgan fingerprint density at radius 2 is 1.83 bits per heavy atom. The minimum atomic E-state index is -4.77. The van der Waals surface area contributed by atoms with E-state index in [4.69, 9.17) is 9.84 Å². The topological polar surface area (TPSA) is 114 Å². The number of nitrogens with zero attached hydrogens (tertiary/aromatic N) is 1. The summed E-state index contributed by atoms with van der Waals surface area (Å²) < 4.78 is 44.1. The van der Waals surface area contributed by atoms with Crippen LogP contribution in [0.5, 0.6) is 0 Å². The molecule has 3 atom stereocenters. The van der Waals surface area contributed by atoms with Crippen molar-refractivity contribution in [3.63, 3.8) is 0 Å². The van der Waals surface area contributed by atoms with Crippen molar-refractivity contribution in [2.24, 2.45) is 17.8 Å². The summed E-state index contributed by atoms with van der Waals surface area (Å²) in [7, 11) is 0. The molecule has 0 saturated heterocycles. The lowest BCUT2D eigenvalue weighted by Gasteiger charge is -2.25. The van der Waals surface area contributed by atoms with Crippen LogP contribution in [0.2, 0.25) is 0 Å². The molecule has 2 saturated carbocycles. The molecule has 10 heteroatoms. The van der Waals surface area contributed by atoms with Crippen molar-refractivity contribution in [3.05, 3.63) is 29.1 Å². The molecule has 2 N–H and O–H groups in total.